The van der Waals surface area contributed by atoms with Crippen LogP contribution in [0.2, 0.25) is 0 Å². The molecule has 1 heteroatoms. The smallest absolute Gasteiger partial charge is 0 e. The van der Waals surface area contributed by atoms with Crippen molar-refractivity contribution in [1.82, 2.24) is 0 Å². The van der Waals surface area contributed by atoms with E-state index in [1.54, 1.807) is 0 Å². The van der Waals surface area contributed by atoms with Gasteiger partial charge in [0.15, 0.2) is 0 Å². The van der Waals surface area contributed by atoms with E-state index in [0.29, 0.717) is 0 Å². The molecule has 0 aliphatic rings. The van der Waals surface area contributed by atoms with Crippen LogP contribution in [0.1, 0.15) is 30.0 Å². The van der Waals surface area contributed by atoms with Gasteiger partial charge in [-0.1, -0.05) is 31.9 Å². The maximum Gasteiger partial charge on any atom is 0 e. The topological polar surface area (TPSA) is 0 Å². The Kier molecular flexibility index (Phi) is 4.39. The molecule has 0 aliphatic carbocycles. The molecule has 0 unspecified atom stereocenters. The Hall–Kier alpha value is -0.300. The van der Waals surface area contributed by atoms with Crippen LogP contribution in [-0.2, 0) is 32.3 Å². The molecule has 0 bridgehead atoms. The second-order valence-electron chi connectivity index (χ2n) is 4.14. The summed E-state index contributed by atoms with van der Waals surface area (Å²) in [7, 11) is 0. The average Bonchev–Trinajstić information content (AvgIpc) is 2.57. The number of benzene rings is 1. The van der Waals surface area contributed by atoms with Gasteiger partial charge in [-0.3, -0.25) is 0 Å². The van der Waals surface area contributed by atoms with Crippen molar-refractivity contribution in [1.29, 1.82) is 0 Å². The van der Waals surface area contributed by atoms with Gasteiger partial charge >= 0.3 is 0 Å². The summed E-state index contributed by atoms with van der Waals surface area (Å²) in [6.07, 6.45) is 2.43. The van der Waals surface area contributed by atoms with Crippen molar-refractivity contribution < 1.29 is 25.8 Å². The summed E-state index contributed by atoms with van der Waals surface area (Å²) < 4.78 is 0. The maximum absolute atomic E-state index is 2.35. The summed E-state index contributed by atoms with van der Waals surface area (Å²) in [5, 5.41) is 2.88. The fourth-order valence-electron chi connectivity index (χ4n) is 2.08. The first-order valence-electron chi connectivity index (χ1n) is 5.38. The molecule has 0 aliphatic heterocycles. The standard InChI is InChI=1S/C14H17.Hf/c1-4-5-12-8-13-10(2)6-7-11(3)14(13)9-12;/h6-9H,4-5H2,1-3H3;/q-1;. The number of rotatable bonds is 2. The van der Waals surface area contributed by atoms with Gasteiger partial charge in [0.2, 0.25) is 0 Å². The first kappa shape index (κ1) is 12.8. The zero-order chi connectivity index (χ0) is 10.1. The van der Waals surface area contributed by atoms with Gasteiger partial charge in [0.1, 0.15) is 0 Å². The van der Waals surface area contributed by atoms with Crippen molar-refractivity contribution in [3.05, 3.63) is 41.0 Å². The number of aryl methyl sites for hydroxylation is 3. The van der Waals surface area contributed by atoms with Crippen molar-refractivity contribution >= 4 is 10.8 Å². The molecule has 0 fully saturated rings. The summed E-state index contributed by atoms with van der Waals surface area (Å²) in [5.74, 6) is 0. The second-order valence-corrected chi connectivity index (χ2v) is 4.14. The van der Waals surface area contributed by atoms with Gasteiger partial charge in [-0.05, 0) is 13.3 Å². The number of fused-ring (bicyclic) bond motifs is 1. The SMILES string of the molecule is CCCc1cc2c(C)ccc(C)c2[cH-]1.[Hf]. The molecule has 0 nitrogen and oxygen atoms in total. The van der Waals surface area contributed by atoms with Crippen molar-refractivity contribution in [3.8, 4) is 0 Å². The van der Waals surface area contributed by atoms with Gasteiger partial charge < -0.3 is 0 Å². The van der Waals surface area contributed by atoms with E-state index in [9.17, 15) is 0 Å². The first-order valence-corrected chi connectivity index (χ1v) is 5.38. The molecule has 0 saturated carbocycles. The monoisotopic (exact) mass is 365 g/mol. The predicted octanol–water partition coefficient (Wildman–Crippen LogP) is 4.13. The van der Waals surface area contributed by atoms with Crippen LogP contribution in [-0.4, -0.2) is 0 Å². The van der Waals surface area contributed by atoms with E-state index < -0.39 is 0 Å². The predicted molar refractivity (Wildman–Crippen MR) is 63.0 cm³/mol. The molecule has 78 valence electrons. The molecule has 0 saturated heterocycles. The molecular weight excluding hydrogens is 347 g/mol. The summed E-state index contributed by atoms with van der Waals surface area (Å²) in [5.41, 5.74) is 4.28. The van der Waals surface area contributed by atoms with Gasteiger partial charge in [-0.25, -0.2) is 0 Å². The van der Waals surface area contributed by atoms with E-state index in [2.05, 4.69) is 45.0 Å². The minimum atomic E-state index is 0. The van der Waals surface area contributed by atoms with Crippen LogP contribution in [0.25, 0.3) is 10.8 Å². The van der Waals surface area contributed by atoms with E-state index in [-0.39, 0.29) is 25.8 Å². The molecule has 0 radical (unpaired) electrons. The summed E-state index contributed by atoms with van der Waals surface area (Å²) in [4.78, 5) is 0. The van der Waals surface area contributed by atoms with Crippen LogP contribution in [0, 0.1) is 13.8 Å². The maximum atomic E-state index is 2.35. The van der Waals surface area contributed by atoms with Crippen LogP contribution in [0.5, 0.6) is 0 Å². The molecule has 2 aromatic carbocycles. The zero-order valence-corrected chi connectivity index (χ0v) is 13.3. The third-order valence-electron chi connectivity index (χ3n) is 2.92. The summed E-state index contributed by atoms with van der Waals surface area (Å²) in [6.45, 7) is 6.62. The van der Waals surface area contributed by atoms with Gasteiger partial charge in [0.25, 0.3) is 0 Å². The fraction of sp³-hybridized carbons (Fsp3) is 0.357. The molecule has 0 N–H and O–H groups in total. The van der Waals surface area contributed by atoms with E-state index >= 15 is 0 Å². The van der Waals surface area contributed by atoms with Crippen LogP contribution in [0.15, 0.2) is 24.3 Å². The molecule has 0 atom stereocenters. The molecular formula is C14H17Hf-. The minimum Gasteiger partial charge on any atom is -0.165 e. The van der Waals surface area contributed by atoms with Crippen LogP contribution in [0.4, 0.5) is 0 Å². The van der Waals surface area contributed by atoms with Crippen LogP contribution < -0.4 is 0 Å². The first-order chi connectivity index (χ1) is 6.72. The van der Waals surface area contributed by atoms with Crippen LogP contribution >= 0.6 is 0 Å². The van der Waals surface area contributed by atoms with E-state index in [1.165, 1.54) is 40.3 Å². The molecule has 2 rings (SSSR count). The Morgan fingerprint density at radius 2 is 1.80 bits per heavy atom. The van der Waals surface area contributed by atoms with E-state index in [1.807, 2.05) is 0 Å². The second kappa shape index (κ2) is 5.16. The molecule has 0 heterocycles. The quantitative estimate of drug-likeness (QED) is 0.556. The molecule has 15 heavy (non-hydrogen) atoms. The van der Waals surface area contributed by atoms with Gasteiger partial charge in [-0.2, -0.15) is 6.07 Å². The van der Waals surface area contributed by atoms with Crippen LogP contribution in [0.3, 0.4) is 0 Å². The molecule has 0 spiro atoms. The summed E-state index contributed by atoms with van der Waals surface area (Å²) in [6, 6.07) is 9.13. The Bertz CT molecular complexity index is 413. The largest absolute Gasteiger partial charge is 0.165 e. The normalized spacial score (nSPS) is 10.3. The third-order valence-corrected chi connectivity index (χ3v) is 2.92. The Morgan fingerprint density at radius 3 is 2.40 bits per heavy atom. The van der Waals surface area contributed by atoms with Crippen molar-refractivity contribution in [2.24, 2.45) is 0 Å². The molecule has 0 amide bonds. The van der Waals surface area contributed by atoms with E-state index in [0.717, 1.165) is 0 Å². The zero-order valence-electron chi connectivity index (χ0n) is 9.72. The fourth-order valence-corrected chi connectivity index (χ4v) is 2.08. The average molecular weight is 364 g/mol. The van der Waals surface area contributed by atoms with E-state index in [4.69, 9.17) is 0 Å². The van der Waals surface area contributed by atoms with Gasteiger partial charge in [-0.15, -0.1) is 34.0 Å². The molecule has 2 aromatic rings. The Balaban J connectivity index is 0.00000112. The Morgan fingerprint density at radius 1 is 1.13 bits per heavy atom. The van der Waals surface area contributed by atoms with Gasteiger partial charge in [0, 0.05) is 25.8 Å². The summed E-state index contributed by atoms with van der Waals surface area (Å²) >= 11 is 0. The molecule has 0 aromatic heterocycles. The third kappa shape index (κ3) is 2.44. The van der Waals surface area contributed by atoms with Crippen molar-refractivity contribution in [2.45, 2.75) is 33.6 Å². The van der Waals surface area contributed by atoms with Crippen molar-refractivity contribution in [3.63, 3.8) is 0 Å². The minimum absolute atomic E-state index is 0. The van der Waals surface area contributed by atoms with Crippen molar-refractivity contribution in [2.75, 3.05) is 0 Å². The number of hydrogen-bond donors (Lipinski definition) is 0. The number of hydrogen-bond acceptors (Lipinski definition) is 0. The van der Waals surface area contributed by atoms with Gasteiger partial charge in [0.05, 0.1) is 0 Å². The Labute approximate surface area is 111 Å².